The Labute approximate surface area is 468 Å². The molecule has 0 aromatic heterocycles. The smallest absolute Gasteiger partial charge is 0.0239 e. The van der Waals surface area contributed by atoms with E-state index in [1.807, 2.05) is 0 Å². The average molecular weight is 1050 g/mol. The van der Waals surface area contributed by atoms with Crippen molar-refractivity contribution in [3.8, 4) is 0 Å². The zero-order valence-corrected chi connectivity index (χ0v) is 52.3. The molecule has 2 nitrogen and oxygen atoms in total. The SMILES string of the molecule is CCCCCCCCCCCCCC(C)N(Cc1ccc(CN(C(C)CCCCCCCCCCCCC)C(C)CCCCCCCCCCCCC)cc1)C(C)CCCCCCCCCCCCC.Cl.Cl. The molecule has 4 heteroatoms. The van der Waals surface area contributed by atoms with Crippen molar-refractivity contribution in [1.82, 2.24) is 9.80 Å². The predicted octanol–water partition coefficient (Wildman–Crippen LogP) is 24.5. The first-order chi connectivity index (χ1) is 34.4. The summed E-state index contributed by atoms with van der Waals surface area (Å²) in [5, 5.41) is 0. The molecule has 4 atom stereocenters. The largest absolute Gasteiger partial charge is 0.294 e. The topological polar surface area (TPSA) is 6.48 Å². The lowest BCUT2D eigenvalue weighted by Crippen LogP contribution is -2.40. The van der Waals surface area contributed by atoms with Crippen LogP contribution in [0.1, 0.15) is 375 Å². The number of hydrogen-bond acceptors (Lipinski definition) is 2. The molecule has 0 amide bonds. The number of hydrogen-bond donors (Lipinski definition) is 0. The van der Waals surface area contributed by atoms with E-state index in [0.717, 1.165) is 13.1 Å². The molecule has 0 aliphatic heterocycles. The van der Waals surface area contributed by atoms with Gasteiger partial charge in [-0.2, -0.15) is 0 Å². The Kier molecular flexibility index (Phi) is 58.3. The Morgan fingerprint density at radius 1 is 0.236 bits per heavy atom. The lowest BCUT2D eigenvalue weighted by Gasteiger charge is -2.36. The molecule has 0 aliphatic carbocycles. The van der Waals surface area contributed by atoms with Crippen LogP contribution >= 0.6 is 24.8 Å². The molecule has 1 aromatic rings. The molecule has 0 fully saturated rings. The van der Waals surface area contributed by atoms with Crippen molar-refractivity contribution in [2.75, 3.05) is 0 Å². The summed E-state index contributed by atoms with van der Waals surface area (Å²) < 4.78 is 0. The number of nitrogens with zero attached hydrogens (tertiary/aromatic N) is 2. The summed E-state index contributed by atoms with van der Waals surface area (Å²) in [7, 11) is 0. The van der Waals surface area contributed by atoms with Gasteiger partial charge in [0.05, 0.1) is 0 Å². The first-order valence-electron chi connectivity index (χ1n) is 33.0. The van der Waals surface area contributed by atoms with Crippen molar-refractivity contribution in [1.29, 1.82) is 0 Å². The van der Waals surface area contributed by atoms with Gasteiger partial charge in [-0.05, 0) is 64.5 Å². The molecule has 0 heterocycles. The van der Waals surface area contributed by atoms with Crippen LogP contribution in [-0.4, -0.2) is 34.0 Å². The van der Waals surface area contributed by atoms with Crippen LogP contribution in [0.4, 0.5) is 0 Å². The summed E-state index contributed by atoms with van der Waals surface area (Å²) in [6, 6.07) is 12.7. The van der Waals surface area contributed by atoms with Crippen LogP contribution in [0.3, 0.4) is 0 Å². The van der Waals surface area contributed by atoms with Crippen LogP contribution in [0, 0.1) is 0 Å². The quantitative estimate of drug-likeness (QED) is 0.0600. The van der Waals surface area contributed by atoms with Gasteiger partial charge in [-0.3, -0.25) is 9.80 Å². The van der Waals surface area contributed by atoms with Gasteiger partial charge in [0.2, 0.25) is 0 Å². The fourth-order valence-corrected chi connectivity index (χ4v) is 11.7. The normalized spacial score (nSPS) is 13.4. The maximum absolute atomic E-state index is 2.92. The van der Waals surface area contributed by atoms with Gasteiger partial charge in [-0.25, -0.2) is 0 Å². The minimum absolute atomic E-state index is 0. The maximum atomic E-state index is 2.92. The van der Waals surface area contributed by atoms with Crippen LogP contribution < -0.4 is 0 Å². The highest BCUT2D eigenvalue weighted by molar-refractivity contribution is 5.85. The van der Waals surface area contributed by atoms with Gasteiger partial charge in [0, 0.05) is 37.3 Å². The minimum atomic E-state index is 0. The van der Waals surface area contributed by atoms with Crippen molar-refractivity contribution in [2.24, 2.45) is 0 Å². The summed E-state index contributed by atoms with van der Waals surface area (Å²) >= 11 is 0. The third-order valence-corrected chi connectivity index (χ3v) is 16.9. The van der Waals surface area contributed by atoms with Gasteiger partial charge < -0.3 is 0 Å². The first kappa shape index (κ1) is 73.8. The summed E-state index contributed by atoms with van der Waals surface area (Å²) in [5.74, 6) is 0. The Bertz CT molecular complexity index is 1000. The molecule has 0 radical (unpaired) electrons. The molecule has 0 spiro atoms. The molecule has 0 saturated carbocycles. The third-order valence-electron chi connectivity index (χ3n) is 16.9. The standard InChI is InChI=1S/C68H132N2.2ClH/c1-9-13-17-21-25-29-33-37-41-45-49-53-63(5)69(64(6)54-50-46-42-38-34-30-26-22-18-14-10-2)61-67-57-59-68(60-58-67)62-70(65(7)55-51-47-43-39-35-31-27-23-19-15-11-3)66(8)56-52-48-44-40-36-32-28-24-20-16-12-4;;/h57-60,63-66H,9-56,61-62H2,1-8H3;2*1H. The van der Waals surface area contributed by atoms with Crippen molar-refractivity contribution >= 4 is 24.8 Å². The molecule has 0 bridgehead atoms. The van der Waals surface area contributed by atoms with Crippen molar-refractivity contribution in [3.05, 3.63) is 35.4 Å². The molecular weight excluding hydrogens is 916 g/mol. The monoisotopic (exact) mass is 1050 g/mol. The Morgan fingerprint density at radius 2 is 0.375 bits per heavy atom. The van der Waals surface area contributed by atoms with Crippen molar-refractivity contribution in [2.45, 2.75) is 401 Å². The molecular formula is C68H134Cl2N2. The first-order valence-corrected chi connectivity index (χ1v) is 33.0. The van der Waals surface area contributed by atoms with Gasteiger partial charge in [0.25, 0.3) is 0 Å². The van der Waals surface area contributed by atoms with Crippen molar-refractivity contribution in [3.63, 3.8) is 0 Å². The Balaban J connectivity index is 0. The van der Waals surface area contributed by atoms with E-state index < -0.39 is 0 Å². The number of unbranched alkanes of at least 4 members (excludes halogenated alkanes) is 40. The highest BCUT2D eigenvalue weighted by Gasteiger charge is 2.22. The van der Waals surface area contributed by atoms with Gasteiger partial charge in [0.15, 0.2) is 0 Å². The molecule has 0 aliphatic rings. The third kappa shape index (κ3) is 44.8. The van der Waals surface area contributed by atoms with Crippen LogP contribution in [0.2, 0.25) is 0 Å². The van der Waals surface area contributed by atoms with Gasteiger partial charge in [0.1, 0.15) is 0 Å². The van der Waals surface area contributed by atoms with E-state index in [4.69, 9.17) is 0 Å². The number of rotatable bonds is 56. The minimum Gasteiger partial charge on any atom is -0.294 e. The number of halogens is 2. The second-order valence-electron chi connectivity index (χ2n) is 23.9. The maximum Gasteiger partial charge on any atom is 0.0239 e. The van der Waals surface area contributed by atoms with Crippen molar-refractivity contribution < 1.29 is 0 Å². The fraction of sp³-hybridized carbons (Fsp3) is 0.912. The van der Waals surface area contributed by atoms with E-state index >= 15 is 0 Å². The van der Waals surface area contributed by atoms with Gasteiger partial charge in [-0.1, -0.05) is 334 Å². The van der Waals surface area contributed by atoms with Crippen LogP contribution in [-0.2, 0) is 13.1 Å². The zero-order chi connectivity index (χ0) is 50.8. The molecule has 0 saturated heterocycles. The van der Waals surface area contributed by atoms with E-state index in [2.05, 4.69) is 89.5 Å². The molecule has 430 valence electrons. The number of benzene rings is 1. The summed E-state index contributed by atoms with van der Waals surface area (Å²) in [6.07, 6.45) is 68.4. The summed E-state index contributed by atoms with van der Waals surface area (Å²) in [4.78, 5) is 5.83. The predicted molar refractivity (Wildman–Crippen MR) is 334 cm³/mol. The van der Waals surface area contributed by atoms with E-state index in [0.29, 0.717) is 24.2 Å². The van der Waals surface area contributed by atoms with Crippen LogP contribution in [0.5, 0.6) is 0 Å². The van der Waals surface area contributed by atoms with E-state index in [-0.39, 0.29) is 24.8 Å². The van der Waals surface area contributed by atoms with Gasteiger partial charge in [-0.15, -0.1) is 24.8 Å². The van der Waals surface area contributed by atoms with E-state index in [1.165, 1.54) is 319 Å². The molecule has 1 aromatic carbocycles. The fourth-order valence-electron chi connectivity index (χ4n) is 11.7. The van der Waals surface area contributed by atoms with Crippen LogP contribution in [0.15, 0.2) is 24.3 Å². The highest BCUT2D eigenvalue weighted by atomic mass is 35.5. The average Bonchev–Trinajstić information content (AvgIpc) is 3.36. The molecule has 4 unspecified atom stereocenters. The van der Waals surface area contributed by atoms with Crippen LogP contribution in [0.25, 0.3) is 0 Å². The van der Waals surface area contributed by atoms with E-state index in [9.17, 15) is 0 Å². The molecule has 1 rings (SSSR count). The lowest BCUT2D eigenvalue weighted by atomic mass is 9.99. The lowest BCUT2D eigenvalue weighted by molar-refractivity contribution is 0.125. The summed E-state index contributed by atoms with van der Waals surface area (Å²) in [6.45, 7) is 21.8. The van der Waals surface area contributed by atoms with Gasteiger partial charge >= 0.3 is 0 Å². The highest BCUT2D eigenvalue weighted by Crippen LogP contribution is 2.25. The Morgan fingerprint density at radius 3 is 0.528 bits per heavy atom. The second kappa shape index (κ2) is 56.9. The second-order valence-corrected chi connectivity index (χ2v) is 23.9. The molecule has 0 N–H and O–H groups in total. The van der Waals surface area contributed by atoms with E-state index in [1.54, 1.807) is 0 Å². The molecule has 72 heavy (non-hydrogen) atoms. The summed E-state index contributed by atoms with van der Waals surface area (Å²) in [5.41, 5.74) is 3.05. The zero-order valence-electron chi connectivity index (χ0n) is 50.7. The Hall–Kier alpha value is -0.280.